The maximum atomic E-state index is 5.95. The molecule has 2 aliphatic rings. The Labute approximate surface area is 568 Å². The largest absolute Gasteiger partial charge is 0.324 e. The minimum atomic E-state index is 0.321. The second-order valence-corrected chi connectivity index (χ2v) is 28.8. The zero-order valence-corrected chi connectivity index (χ0v) is 58.8. The predicted octanol–water partition coefficient (Wildman–Crippen LogP) is 23.6. The molecule has 0 unspecified atom stereocenters. The van der Waals surface area contributed by atoms with Gasteiger partial charge in [0.2, 0.25) is 0 Å². The minimum absolute atomic E-state index is 0.321. The summed E-state index contributed by atoms with van der Waals surface area (Å²) in [6.07, 6.45) is 0. The Morgan fingerprint density at radius 3 is 0.448 bits per heavy atom. The molecular weight excluding hydrogens is 1170 g/mol. The third-order valence-electron chi connectivity index (χ3n) is 19.5. The van der Waals surface area contributed by atoms with Crippen LogP contribution >= 0.6 is 0 Å². The molecule has 0 amide bonds. The van der Waals surface area contributed by atoms with Crippen LogP contribution in [-0.2, 0) is 0 Å². The van der Waals surface area contributed by atoms with Gasteiger partial charge in [-0.1, -0.05) is 305 Å². The molecule has 0 aliphatic carbocycles. The molecule has 0 atom stereocenters. The molecule has 13 rings (SSSR count). The van der Waals surface area contributed by atoms with Gasteiger partial charge in [-0.05, 0) is 136 Å². The number of hydrogen-bond acceptors (Lipinski definition) is 6. The Morgan fingerprint density at radius 2 is 0.312 bits per heavy atom. The lowest BCUT2D eigenvalue weighted by atomic mass is 9.91. The van der Waals surface area contributed by atoms with E-state index in [9.17, 15) is 0 Å². The van der Waals surface area contributed by atoms with Crippen LogP contribution in [0.1, 0.15) is 248 Å². The zero-order chi connectivity index (χ0) is 67.4. The van der Waals surface area contributed by atoms with Crippen molar-refractivity contribution in [3.05, 3.63) is 284 Å². The van der Waals surface area contributed by atoms with Gasteiger partial charge in [0, 0.05) is 44.5 Å². The van der Waals surface area contributed by atoms with Crippen molar-refractivity contribution in [2.24, 2.45) is 0 Å². The number of aromatic amines is 2. The van der Waals surface area contributed by atoms with Gasteiger partial charge in [-0.3, -0.25) is 0 Å². The van der Waals surface area contributed by atoms with E-state index in [2.05, 4.69) is 315 Å². The highest BCUT2D eigenvalue weighted by Gasteiger charge is 2.32. The first kappa shape index (κ1) is 64.8. The van der Waals surface area contributed by atoms with E-state index in [1.165, 1.54) is 44.5 Å². The molecule has 2 N–H and O–H groups in total. The van der Waals surface area contributed by atoms with Crippen molar-refractivity contribution in [1.29, 1.82) is 0 Å². The van der Waals surface area contributed by atoms with E-state index in [1.807, 2.05) is 0 Å². The average Bonchev–Trinajstić information content (AvgIpc) is 1.59. The second kappa shape index (κ2) is 26.7. The maximum Gasteiger partial charge on any atom is 0.165 e. The number of fused-ring (bicyclic) bond motifs is 8. The van der Waals surface area contributed by atoms with Crippen LogP contribution in [0.4, 0.5) is 0 Å². The number of benzene rings is 8. The van der Waals surface area contributed by atoms with Crippen LogP contribution in [0.3, 0.4) is 0 Å². The molecule has 0 radical (unpaired) electrons. The lowest BCUT2D eigenvalue weighted by Gasteiger charge is -2.13. The van der Waals surface area contributed by atoms with Crippen molar-refractivity contribution < 1.29 is 0 Å². The lowest BCUT2D eigenvalue weighted by molar-refractivity contribution is 0.866. The number of H-pyrrole nitrogens is 2. The van der Waals surface area contributed by atoms with Crippen LogP contribution in [0.2, 0.25) is 0 Å². The van der Waals surface area contributed by atoms with E-state index in [1.54, 1.807) is 0 Å². The van der Waals surface area contributed by atoms with Crippen molar-refractivity contribution in [3.8, 4) is 44.5 Å². The van der Waals surface area contributed by atoms with Crippen LogP contribution in [0.25, 0.3) is 89.4 Å². The Balaban J connectivity index is 1.28. The van der Waals surface area contributed by atoms with Gasteiger partial charge in [0.15, 0.2) is 23.3 Å². The summed E-state index contributed by atoms with van der Waals surface area (Å²) in [5.74, 6) is 4.65. The first-order chi connectivity index (χ1) is 46.2. The van der Waals surface area contributed by atoms with Gasteiger partial charge >= 0.3 is 0 Å². The van der Waals surface area contributed by atoms with Crippen molar-refractivity contribution in [3.63, 3.8) is 0 Å². The van der Waals surface area contributed by atoms with Gasteiger partial charge in [-0.15, -0.1) is 0 Å². The smallest absolute Gasteiger partial charge is 0.165 e. The Morgan fingerprint density at radius 1 is 0.177 bits per heavy atom. The van der Waals surface area contributed by atoms with E-state index in [4.69, 9.17) is 29.9 Å². The number of hydrogen-bond donors (Lipinski definition) is 2. The van der Waals surface area contributed by atoms with E-state index >= 15 is 0 Å². The molecule has 11 aromatic rings. The summed E-state index contributed by atoms with van der Waals surface area (Å²) in [5, 5.41) is 0. The number of aromatic nitrogens is 8. The molecule has 3 aromatic heterocycles. The van der Waals surface area contributed by atoms with E-state index in [-0.39, 0.29) is 0 Å². The third kappa shape index (κ3) is 12.7. The zero-order valence-electron chi connectivity index (χ0n) is 58.8. The molecule has 5 heterocycles. The summed E-state index contributed by atoms with van der Waals surface area (Å²) in [7, 11) is 0. The van der Waals surface area contributed by atoms with Gasteiger partial charge in [-0.2, -0.15) is 0 Å². The fourth-order valence-electron chi connectivity index (χ4n) is 13.4. The molecule has 8 aromatic carbocycles. The van der Waals surface area contributed by atoms with Crippen molar-refractivity contribution >= 4 is 44.9 Å². The highest BCUT2D eigenvalue weighted by Crippen LogP contribution is 2.46. The summed E-state index contributed by atoms with van der Waals surface area (Å²) >= 11 is 0. The molecule has 8 bridgehead atoms. The molecule has 8 nitrogen and oxygen atoms in total. The van der Waals surface area contributed by atoms with Crippen LogP contribution < -0.4 is 0 Å². The first-order valence-corrected chi connectivity index (χ1v) is 34.8. The number of nitrogens with zero attached hydrogens (tertiary/aromatic N) is 6. The molecule has 0 spiro atoms. The van der Waals surface area contributed by atoms with Gasteiger partial charge < -0.3 is 9.97 Å². The van der Waals surface area contributed by atoms with Crippen LogP contribution in [0, 0.1) is 0 Å². The lowest BCUT2D eigenvalue weighted by Crippen LogP contribution is -1.96. The first-order valence-electron chi connectivity index (χ1n) is 34.8. The van der Waals surface area contributed by atoms with Crippen LogP contribution in [0.5, 0.6) is 0 Å². The topological polar surface area (TPSA) is 109 Å². The van der Waals surface area contributed by atoms with E-state index in [0.29, 0.717) is 93.2 Å². The van der Waals surface area contributed by atoms with E-state index in [0.717, 1.165) is 89.1 Å². The predicted molar refractivity (Wildman–Crippen MR) is 402 cm³/mol. The minimum Gasteiger partial charge on any atom is -0.324 e. The van der Waals surface area contributed by atoms with Gasteiger partial charge in [-0.25, -0.2) is 29.9 Å². The summed E-state index contributed by atoms with van der Waals surface area (Å²) in [6, 6.07) is 71.8. The Kier molecular flexibility index (Phi) is 18.0. The fourth-order valence-corrected chi connectivity index (χ4v) is 13.4. The monoisotopic (exact) mass is 1260 g/mol. The fraction of sp³-hybridized carbons (Fsp3) is 0.273. The highest BCUT2D eigenvalue weighted by molar-refractivity contribution is 6.08. The number of rotatable bonds is 16. The summed E-state index contributed by atoms with van der Waals surface area (Å²) in [4.78, 5) is 43.4. The Hall–Kier alpha value is -9.92. The third-order valence-corrected chi connectivity index (χ3v) is 19.5. The van der Waals surface area contributed by atoms with Gasteiger partial charge in [0.05, 0.1) is 0 Å². The summed E-state index contributed by atoms with van der Waals surface area (Å²) in [5.41, 5.74) is 27.3. The quantitative estimate of drug-likeness (QED) is 0.0998. The molecule has 0 fully saturated rings. The van der Waals surface area contributed by atoms with Crippen LogP contribution in [0.15, 0.2) is 194 Å². The summed E-state index contributed by atoms with van der Waals surface area (Å²) in [6.45, 7) is 35.9. The molecule has 96 heavy (non-hydrogen) atoms. The highest BCUT2D eigenvalue weighted by atomic mass is 15.1. The second-order valence-electron chi connectivity index (χ2n) is 28.8. The van der Waals surface area contributed by atoms with Crippen molar-refractivity contribution in [1.82, 2.24) is 39.9 Å². The standard InChI is InChI=1S/C88H90N8/c1-49(2)57-17-33-65(34-18-57)73-74(66-35-19-58(20-36-66)50(3)4)82-89-81(73)93-83-75(67-37-21-59(22-38-67)51(5)6)76(68-39-23-60(24-40-68)52(7)8)85(90-83)95-87-79(71-45-29-63(30-46-71)55(13)14)80(72-47-31-64(32-48-72)56(15)16)88(92-87)96-86-78(70-43-27-62(28-44-70)54(11)12)77(84(91-86)94-82)69-41-25-61(26-42-69)53(9)10/h17-56H,1-16H3,(H2,89,90,91,92,93,94,95,96). The molecular formula is C88H90N8. The molecule has 2 aliphatic heterocycles. The number of nitrogens with one attached hydrogen (secondary N) is 2. The van der Waals surface area contributed by atoms with Gasteiger partial charge in [0.1, 0.15) is 22.6 Å². The average molecular weight is 1260 g/mol. The normalized spacial score (nSPS) is 12.8. The summed E-state index contributed by atoms with van der Waals surface area (Å²) < 4.78 is 0. The maximum absolute atomic E-state index is 5.95. The van der Waals surface area contributed by atoms with Gasteiger partial charge in [0.25, 0.3) is 0 Å². The van der Waals surface area contributed by atoms with Crippen molar-refractivity contribution in [2.75, 3.05) is 0 Å². The van der Waals surface area contributed by atoms with Crippen LogP contribution in [-0.4, -0.2) is 39.9 Å². The molecule has 0 saturated carbocycles. The molecule has 8 heteroatoms. The molecule has 482 valence electrons. The SMILES string of the molecule is CC(C)c1ccc(C2=C(c3ccc(C(C)C)cc3)c3nc2nc2[nH]c(nc4nc(nc5[nH]c(n3)c(-c3ccc(C(C)C)cc3)c5-c3ccc(C(C)C)cc3)C(c3ccc(C(C)C)cc3)=C4c3ccc(C(C)C)cc3)c(-c3ccc(C(C)C)cc3)c2-c2ccc(C(C)C)cc2)cc1. The Bertz CT molecular complexity index is 4280. The molecule has 0 saturated heterocycles. The van der Waals surface area contributed by atoms with Crippen molar-refractivity contribution in [2.45, 2.75) is 158 Å². The van der Waals surface area contributed by atoms with E-state index < -0.39 is 0 Å².